The van der Waals surface area contributed by atoms with Gasteiger partial charge in [-0.15, -0.1) is 0 Å². The Hall–Kier alpha value is -4.79. The second-order valence-electron chi connectivity index (χ2n) is 13.5. The summed E-state index contributed by atoms with van der Waals surface area (Å²) in [6.07, 6.45) is 4.39. The second kappa shape index (κ2) is 15.4. The number of benzene rings is 2. The molecule has 3 aromatic rings. The van der Waals surface area contributed by atoms with E-state index in [1.54, 1.807) is 23.1 Å². The number of imidazole rings is 1. The van der Waals surface area contributed by atoms with Gasteiger partial charge in [0.05, 0.1) is 35.7 Å². The average Bonchev–Trinajstić information content (AvgIpc) is 3.42. The number of carbonyl (C=O) groups is 3. The second-order valence-corrected chi connectivity index (χ2v) is 13.5. The Labute approximate surface area is 281 Å². The molecule has 0 atom stereocenters. The number of likely N-dealkylation sites (tertiary alicyclic amines) is 1. The van der Waals surface area contributed by atoms with Crippen LogP contribution in [0.4, 0.5) is 4.79 Å². The number of nitriles is 1. The number of nitrogens with one attached hydrogen (secondary N) is 1. The molecule has 1 N–H and O–H groups in total. The number of ether oxygens (including phenoxy) is 4. The van der Waals surface area contributed by atoms with Crippen LogP contribution in [-0.4, -0.2) is 70.9 Å². The lowest BCUT2D eigenvalue weighted by atomic mass is 9.82. The van der Waals surface area contributed by atoms with Crippen LogP contribution < -0.4 is 14.8 Å². The Balaban J connectivity index is 1.15. The molecule has 256 valence electrons. The van der Waals surface area contributed by atoms with Gasteiger partial charge in [-0.3, -0.25) is 9.59 Å². The van der Waals surface area contributed by atoms with Gasteiger partial charge in [0.2, 0.25) is 5.91 Å². The number of aromatic nitrogens is 2. The van der Waals surface area contributed by atoms with Crippen molar-refractivity contribution in [3.05, 3.63) is 53.9 Å². The molecule has 1 aliphatic carbocycles. The molecular weight excluding hydrogens is 614 g/mol. The van der Waals surface area contributed by atoms with E-state index in [0.29, 0.717) is 66.8 Å². The topological polar surface area (TPSA) is 145 Å². The van der Waals surface area contributed by atoms with E-state index in [0.717, 1.165) is 31.2 Å². The molecule has 1 saturated carbocycles. The zero-order valence-electron chi connectivity index (χ0n) is 28.2. The van der Waals surface area contributed by atoms with Gasteiger partial charge in [0.1, 0.15) is 42.2 Å². The van der Waals surface area contributed by atoms with Crippen LogP contribution in [0, 0.1) is 23.2 Å². The molecular formula is C36H45N5O7. The summed E-state index contributed by atoms with van der Waals surface area (Å²) in [5, 5.41) is 12.4. The number of esters is 1. The zero-order chi connectivity index (χ0) is 34.3. The van der Waals surface area contributed by atoms with Crippen molar-refractivity contribution in [1.29, 1.82) is 5.26 Å². The van der Waals surface area contributed by atoms with E-state index in [-0.39, 0.29) is 43.1 Å². The van der Waals surface area contributed by atoms with Crippen LogP contribution in [-0.2, 0) is 32.2 Å². The Bertz CT molecular complexity index is 1620. The van der Waals surface area contributed by atoms with Gasteiger partial charge in [0, 0.05) is 32.5 Å². The lowest BCUT2D eigenvalue weighted by Gasteiger charge is -2.33. The van der Waals surface area contributed by atoms with Crippen LogP contribution in [0.25, 0.3) is 11.0 Å². The molecule has 2 aromatic carbocycles. The van der Waals surface area contributed by atoms with Crippen LogP contribution in [0.2, 0.25) is 0 Å². The first-order chi connectivity index (χ1) is 23.0. The standard InChI is InChI=1S/C36H45N5O7/c1-36(2,3)48-35(44)40-17-15-29(16-18-40)47-28-12-10-27(11-13-28)46-23-32-39-30-19-25(20-37)7-14-31(30)41(32)22-33(42)38-21-24-5-8-26(9-6-24)34(43)45-4/h7,10-14,19,24,26,29H,5-6,8-9,15-18,21-23H2,1-4H3,(H,38,42). The monoisotopic (exact) mass is 659 g/mol. The van der Waals surface area contributed by atoms with Crippen molar-refractivity contribution in [2.75, 3.05) is 26.7 Å². The molecule has 2 fully saturated rings. The summed E-state index contributed by atoms with van der Waals surface area (Å²) in [6.45, 7) is 7.45. The summed E-state index contributed by atoms with van der Waals surface area (Å²) >= 11 is 0. The van der Waals surface area contributed by atoms with E-state index in [1.165, 1.54) is 7.11 Å². The number of amides is 2. The molecule has 2 amide bonds. The number of nitrogens with zero attached hydrogens (tertiary/aromatic N) is 4. The van der Waals surface area contributed by atoms with Crippen LogP contribution in [0.3, 0.4) is 0 Å². The first-order valence-electron chi connectivity index (χ1n) is 16.6. The van der Waals surface area contributed by atoms with Gasteiger partial charge < -0.3 is 33.7 Å². The Morgan fingerprint density at radius 2 is 1.67 bits per heavy atom. The molecule has 12 heteroatoms. The fourth-order valence-corrected chi connectivity index (χ4v) is 6.20. The number of piperidine rings is 1. The maximum atomic E-state index is 13.1. The van der Waals surface area contributed by atoms with Gasteiger partial charge in [0.15, 0.2) is 0 Å². The first-order valence-corrected chi connectivity index (χ1v) is 16.6. The predicted molar refractivity (Wildman–Crippen MR) is 177 cm³/mol. The van der Waals surface area contributed by atoms with E-state index < -0.39 is 5.60 Å². The molecule has 1 saturated heterocycles. The van der Waals surface area contributed by atoms with E-state index in [1.807, 2.05) is 49.6 Å². The van der Waals surface area contributed by atoms with Crippen molar-refractivity contribution in [3.8, 4) is 17.6 Å². The van der Waals surface area contributed by atoms with Crippen molar-refractivity contribution >= 4 is 29.0 Å². The summed E-state index contributed by atoms with van der Waals surface area (Å²) in [5.74, 6) is 1.85. The Kier molecular flexibility index (Phi) is 11.1. The molecule has 1 aliphatic heterocycles. The van der Waals surface area contributed by atoms with Crippen LogP contribution >= 0.6 is 0 Å². The SMILES string of the molecule is COC(=O)C1CCC(CNC(=O)Cn2c(COc3ccc(OC4CCN(C(=O)OC(C)(C)C)CC4)cc3)nc3cc(C#N)ccc32)CC1. The van der Waals surface area contributed by atoms with Crippen molar-refractivity contribution < 1.29 is 33.3 Å². The first kappa shape index (κ1) is 34.5. The highest BCUT2D eigenvalue weighted by Crippen LogP contribution is 2.29. The molecule has 0 spiro atoms. The molecule has 0 radical (unpaired) electrons. The van der Waals surface area contributed by atoms with Crippen LogP contribution in [0.15, 0.2) is 42.5 Å². The maximum Gasteiger partial charge on any atom is 0.410 e. The number of fused-ring (bicyclic) bond motifs is 1. The highest BCUT2D eigenvalue weighted by molar-refractivity contribution is 5.82. The highest BCUT2D eigenvalue weighted by atomic mass is 16.6. The lowest BCUT2D eigenvalue weighted by molar-refractivity contribution is -0.146. The van der Waals surface area contributed by atoms with Gasteiger partial charge in [-0.2, -0.15) is 5.26 Å². The smallest absolute Gasteiger partial charge is 0.410 e. The van der Waals surface area contributed by atoms with Crippen LogP contribution in [0.5, 0.6) is 11.5 Å². The summed E-state index contributed by atoms with van der Waals surface area (Å²) in [6, 6.07) is 14.7. The van der Waals surface area contributed by atoms with E-state index >= 15 is 0 Å². The quantitative estimate of drug-likeness (QED) is 0.284. The molecule has 2 heterocycles. The third kappa shape index (κ3) is 9.18. The van der Waals surface area contributed by atoms with E-state index in [4.69, 9.17) is 23.9 Å². The normalized spacial score (nSPS) is 18.5. The number of methoxy groups -OCH3 is 1. The minimum Gasteiger partial charge on any atom is -0.490 e. The molecule has 0 bridgehead atoms. The summed E-state index contributed by atoms with van der Waals surface area (Å²) in [4.78, 5) is 43.7. The zero-order valence-corrected chi connectivity index (χ0v) is 28.2. The molecule has 1 aromatic heterocycles. The number of rotatable bonds is 10. The number of hydrogen-bond donors (Lipinski definition) is 1. The largest absolute Gasteiger partial charge is 0.490 e. The fourth-order valence-electron chi connectivity index (χ4n) is 6.20. The molecule has 5 rings (SSSR count). The van der Waals surface area contributed by atoms with Gasteiger partial charge in [0.25, 0.3) is 0 Å². The third-order valence-corrected chi connectivity index (χ3v) is 8.82. The number of hydrogen-bond acceptors (Lipinski definition) is 9. The molecule has 12 nitrogen and oxygen atoms in total. The minimum atomic E-state index is -0.523. The van der Waals surface area contributed by atoms with Gasteiger partial charge in [-0.05, 0) is 94.8 Å². The molecule has 0 unspecified atom stereocenters. The van der Waals surface area contributed by atoms with E-state index in [2.05, 4.69) is 11.4 Å². The summed E-state index contributed by atoms with van der Waals surface area (Å²) in [7, 11) is 1.42. The van der Waals surface area contributed by atoms with Gasteiger partial charge >= 0.3 is 12.1 Å². The Morgan fingerprint density at radius 3 is 2.31 bits per heavy atom. The molecule has 48 heavy (non-hydrogen) atoms. The van der Waals surface area contributed by atoms with E-state index in [9.17, 15) is 19.6 Å². The third-order valence-electron chi connectivity index (χ3n) is 8.82. The van der Waals surface area contributed by atoms with Crippen molar-refractivity contribution in [3.63, 3.8) is 0 Å². The van der Waals surface area contributed by atoms with Gasteiger partial charge in [-0.25, -0.2) is 9.78 Å². The maximum absolute atomic E-state index is 13.1. The van der Waals surface area contributed by atoms with Gasteiger partial charge in [-0.1, -0.05) is 0 Å². The average molecular weight is 660 g/mol. The summed E-state index contributed by atoms with van der Waals surface area (Å²) < 4.78 is 24.4. The predicted octanol–water partition coefficient (Wildman–Crippen LogP) is 5.36. The van der Waals surface area contributed by atoms with Crippen LogP contribution in [0.1, 0.15) is 70.7 Å². The number of carbonyl (C=O) groups excluding carboxylic acids is 3. The van der Waals surface area contributed by atoms with Crippen molar-refractivity contribution in [1.82, 2.24) is 19.8 Å². The minimum absolute atomic E-state index is 0.00491. The van der Waals surface area contributed by atoms with Crippen molar-refractivity contribution in [2.45, 2.75) is 84.2 Å². The highest BCUT2D eigenvalue weighted by Gasteiger charge is 2.29. The fraction of sp³-hybridized carbons (Fsp3) is 0.528. The molecule has 2 aliphatic rings. The lowest BCUT2D eigenvalue weighted by Crippen LogP contribution is -2.44. The Morgan fingerprint density at radius 1 is 0.979 bits per heavy atom. The van der Waals surface area contributed by atoms with Crippen molar-refractivity contribution in [2.24, 2.45) is 11.8 Å². The summed E-state index contributed by atoms with van der Waals surface area (Å²) in [5.41, 5.74) is 1.31.